The van der Waals surface area contributed by atoms with Gasteiger partial charge in [0, 0.05) is 31.7 Å². The topological polar surface area (TPSA) is 107 Å². The van der Waals surface area contributed by atoms with Crippen LogP contribution in [0.2, 0.25) is 0 Å². The Hall–Kier alpha value is -4.54. The van der Waals surface area contributed by atoms with Gasteiger partial charge < -0.3 is 33.7 Å². The average Bonchev–Trinajstić information content (AvgIpc) is 3.32. The molecule has 1 unspecified atom stereocenters. The fourth-order valence-electron chi connectivity index (χ4n) is 5.61. The van der Waals surface area contributed by atoms with Crippen LogP contribution in [-0.2, 0) is 20.9 Å². The normalized spacial score (nSPS) is 18.3. The molecule has 1 amide bonds. The number of hydrogen-bond donors (Lipinski definition) is 1. The summed E-state index contributed by atoms with van der Waals surface area (Å²) in [5.41, 5.74) is 1.96. The molecule has 1 atom stereocenters. The molecule has 0 saturated carbocycles. The number of methoxy groups -OCH3 is 3. The van der Waals surface area contributed by atoms with Gasteiger partial charge in [-0.25, -0.2) is 0 Å². The summed E-state index contributed by atoms with van der Waals surface area (Å²) in [6, 6.07) is 19.1. The number of carbonyl (C=O) groups excluding carboxylic acids is 2. The van der Waals surface area contributed by atoms with Gasteiger partial charge in [-0.05, 0) is 53.9 Å². The van der Waals surface area contributed by atoms with Gasteiger partial charge in [-0.1, -0.05) is 30.3 Å². The molecule has 1 N–H and O–H groups in total. The molecule has 2 fully saturated rings. The fourth-order valence-corrected chi connectivity index (χ4v) is 5.61. The number of carbonyl (C=O) groups is 2. The lowest BCUT2D eigenvalue weighted by atomic mass is 9.94. The third-order valence-corrected chi connectivity index (χ3v) is 7.90. The Kier molecular flexibility index (Phi) is 10.0. The Balaban J connectivity index is 1.48. The average molecular weight is 603 g/mol. The SMILES string of the molecule is COc1cc(C2/C(=C(\O)c3ccc(OCc4ccccc4)cc3)C(=O)C(=O)N2CCCN2CCOCC2)cc(OC)c1OC. The lowest BCUT2D eigenvalue weighted by molar-refractivity contribution is -0.140. The highest BCUT2D eigenvalue weighted by Gasteiger charge is 2.46. The van der Waals surface area contributed by atoms with Gasteiger partial charge in [-0.15, -0.1) is 0 Å². The predicted molar refractivity (Wildman–Crippen MR) is 164 cm³/mol. The number of ether oxygens (including phenoxy) is 5. The number of amides is 1. The zero-order valence-corrected chi connectivity index (χ0v) is 25.3. The second-order valence-corrected chi connectivity index (χ2v) is 10.6. The molecule has 3 aromatic carbocycles. The molecule has 10 heteroatoms. The first-order valence-electron chi connectivity index (χ1n) is 14.6. The molecule has 0 spiro atoms. The second-order valence-electron chi connectivity index (χ2n) is 10.6. The van der Waals surface area contributed by atoms with E-state index in [0.29, 0.717) is 66.9 Å². The van der Waals surface area contributed by atoms with E-state index in [9.17, 15) is 14.7 Å². The molecular formula is C34H38N2O8. The monoisotopic (exact) mass is 602 g/mol. The van der Waals surface area contributed by atoms with E-state index in [0.717, 1.165) is 25.2 Å². The maximum Gasteiger partial charge on any atom is 0.295 e. The van der Waals surface area contributed by atoms with Crippen molar-refractivity contribution in [2.75, 3.05) is 60.7 Å². The van der Waals surface area contributed by atoms with Crippen LogP contribution in [0.15, 0.2) is 72.3 Å². The van der Waals surface area contributed by atoms with Crippen molar-refractivity contribution in [1.82, 2.24) is 9.80 Å². The molecule has 2 aliphatic heterocycles. The van der Waals surface area contributed by atoms with E-state index in [2.05, 4.69) is 4.90 Å². The third kappa shape index (κ3) is 6.66. The Bertz CT molecular complexity index is 1460. The minimum atomic E-state index is -0.873. The zero-order valence-electron chi connectivity index (χ0n) is 25.3. The van der Waals surface area contributed by atoms with E-state index < -0.39 is 17.7 Å². The van der Waals surface area contributed by atoms with Gasteiger partial charge in [-0.3, -0.25) is 14.5 Å². The molecule has 232 valence electrons. The number of benzene rings is 3. The van der Waals surface area contributed by atoms with Crippen LogP contribution >= 0.6 is 0 Å². The molecule has 0 bridgehead atoms. The molecule has 3 aromatic rings. The molecule has 2 aliphatic rings. The summed E-state index contributed by atoms with van der Waals surface area (Å²) in [6.45, 7) is 4.44. The van der Waals surface area contributed by atoms with Crippen LogP contribution < -0.4 is 18.9 Å². The van der Waals surface area contributed by atoms with E-state index in [1.165, 1.54) is 26.2 Å². The van der Waals surface area contributed by atoms with Crippen molar-refractivity contribution in [2.24, 2.45) is 0 Å². The lowest BCUT2D eigenvalue weighted by Gasteiger charge is -2.29. The highest BCUT2D eigenvalue weighted by Crippen LogP contribution is 2.45. The summed E-state index contributed by atoms with van der Waals surface area (Å²) in [6.07, 6.45) is 0.640. The number of aliphatic hydroxyl groups excluding tert-OH is 1. The molecule has 0 radical (unpaired) electrons. The summed E-state index contributed by atoms with van der Waals surface area (Å²) in [4.78, 5) is 30.9. The summed E-state index contributed by atoms with van der Waals surface area (Å²) >= 11 is 0. The van der Waals surface area contributed by atoms with Gasteiger partial charge >= 0.3 is 0 Å². The van der Waals surface area contributed by atoms with Gasteiger partial charge in [0.25, 0.3) is 11.7 Å². The number of ketones is 1. The fraction of sp³-hybridized carbons (Fsp3) is 0.353. The Labute approximate surface area is 257 Å². The molecule has 10 nitrogen and oxygen atoms in total. The Morgan fingerprint density at radius 3 is 2.16 bits per heavy atom. The van der Waals surface area contributed by atoms with Gasteiger partial charge in [0.2, 0.25) is 5.75 Å². The summed E-state index contributed by atoms with van der Waals surface area (Å²) in [5.74, 6) is 0.0464. The van der Waals surface area contributed by atoms with Crippen molar-refractivity contribution in [3.8, 4) is 23.0 Å². The van der Waals surface area contributed by atoms with E-state index in [4.69, 9.17) is 23.7 Å². The van der Waals surface area contributed by atoms with Crippen molar-refractivity contribution in [3.05, 3.63) is 89.0 Å². The van der Waals surface area contributed by atoms with E-state index in [1.807, 2.05) is 30.3 Å². The first kappa shape index (κ1) is 30.9. The van der Waals surface area contributed by atoms with Crippen molar-refractivity contribution < 1.29 is 38.4 Å². The number of likely N-dealkylation sites (tertiary alicyclic amines) is 1. The third-order valence-electron chi connectivity index (χ3n) is 7.90. The molecule has 0 aromatic heterocycles. The second kappa shape index (κ2) is 14.3. The first-order chi connectivity index (χ1) is 21.4. The van der Waals surface area contributed by atoms with Crippen LogP contribution in [-0.4, -0.2) is 87.3 Å². The Morgan fingerprint density at radius 2 is 1.55 bits per heavy atom. The summed E-state index contributed by atoms with van der Waals surface area (Å²) < 4.78 is 28.0. The summed E-state index contributed by atoms with van der Waals surface area (Å²) in [5, 5.41) is 11.6. The minimum absolute atomic E-state index is 0.00593. The smallest absolute Gasteiger partial charge is 0.295 e. The number of Topliss-reactive ketones (excluding diaryl/α,β-unsaturated/α-hetero) is 1. The maximum absolute atomic E-state index is 13.6. The number of nitrogens with zero attached hydrogens (tertiary/aromatic N) is 2. The number of hydrogen-bond acceptors (Lipinski definition) is 9. The van der Waals surface area contributed by atoms with Gasteiger partial charge in [0.15, 0.2) is 11.5 Å². The molecule has 0 aliphatic carbocycles. The van der Waals surface area contributed by atoms with Crippen LogP contribution in [0.1, 0.15) is 29.2 Å². The number of morpholine rings is 1. The van der Waals surface area contributed by atoms with Crippen molar-refractivity contribution in [1.29, 1.82) is 0 Å². The number of rotatable bonds is 12. The van der Waals surface area contributed by atoms with E-state index >= 15 is 0 Å². The molecule has 44 heavy (non-hydrogen) atoms. The molecular weight excluding hydrogens is 564 g/mol. The zero-order chi connectivity index (χ0) is 31.1. The van der Waals surface area contributed by atoms with Crippen molar-refractivity contribution in [3.63, 3.8) is 0 Å². The van der Waals surface area contributed by atoms with Crippen LogP contribution in [0, 0.1) is 0 Å². The minimum Gasteiger partial charge on any atom is -0.507 e. The van der Waals surface area contributed by atoms with Crippen LogP contribution in [0.5, 0.6) is 23.0 Å². The molecule has 5 rings (SSSR count). The van der Waals surface area contributed by atoms with E-state index in [-0.39, 0.29) is 11.3 Å². The van der Waals surface area contributed by atoms with Crippen molar-refractivity contribution in [2.45, 2.75) is 19.1 Å². The summed E-state index contributed by atoms with van der Waals surface area (Å²) in [7, 11) is 4.51. The lowest BCUT2D eigenvalue weighted by Crippen LogP contribution is -2.39. The van der Waals surface area contributed by atoms with Gasteiger partial charge in [0.1, 0.15) is 18.1 Å². The van der Waals surface area contributed by atoms with Crippen molar-refractivity contribution >= 4 is 17.4 Å². The highest BCUT2D eigenvalue weighted by atomic mass is 16.5. The van der Waals surface area contributed by atoms with E-state index in [1.54, 1.807) is 36.4 Å². The van der Waals surface area contributed by atoms with Crippen LogP contribution in [0.4, 0.5) is 0 Å². The molecule has 2 heterocycles. The first-order valence-corrected chi connectivity index (χ1v) is 14.6. The largest absolute Gasteiger partial charge is 0.507 e. The predicted octanol–water partition coefficient (Wildman–Crippen LogP) is 4.44. The highest BCUT2D eigenvalue weighted by molar-refractivity contribution is 6.46. The van der Waals surface area contributed by atoms with Crippen LogP contribution in [0.25, 0.3) is 5.76 Å². The molecule has 2 saturated heterocycles. The maximum atomic E-state index is 13.6. The standard InChI is InChI=1S/C34H38N2O8/c1-40-27-20-25(21-28(41-2)33(27)42-3)30-29(32(38)34(39)36(30)15-7-14-35-16-18-43-19-17-35)31(37)24-10-12-26(13-11-24)44-22-23-8-5-4-6-9-23/h4-6,8-13,20-21,30,37H,7,14-19,22H2,1-3H3/b31-29+. The quantitative estimate of drug-likeness (QED) is 0.183. The Morgan fingerprint density at radius 1 is 0.886 bits per heavy atom. The number of aliphatic hydroxyl groups is 1. The van der Waals surface area contributed by atoms with Gasteiger partial charge in [0.05, 0.1) is 46.2 Å². The van der Waals surface area contributed by atoms with Gasteiger partial charge in [-0.2, -0.15) is 0 Å². The van der Waals surface area contributed by atoms with Crippen LogP contribution in [0.3, 0.4) is 0 Å².